The van der Waals surface area contributed by atoms with Crippen LogP contribution in [0.25, 0.3) is 0 Å². The van der Waals surface area contributed by atoms with Gasteiger partial charge in [-0.1, -0.05) is 0 Å². The number of carbonyl (C=O) groups is 5. The Morgan fingerprint density at radius 2 is 0.588 bits per heavy atom. The molecule has 1 heterocycles. The molecule has 5 aromatic carbocycles. The lowest BCUT2D eigenvalue weighted by Crippen LogP contribution is -2.63. The van der Waals surface area contributed by atoms with Gasteiger partial charge in [-0.25, -0.2) is 24.0 Å². The molecule has 5 aromatic rings. The van der Waals surface area contributed by atoms with Gasteiger partial charge in [0.15, 0.2) is 98.5 Å². The number of esters is 5. The van der Waals surface area contributed by atoms with E-state index in [-0.39, 0.29) is 5.48 Å². The monoisotopic (exact) mass is 958 g/mol. The molecule has 2 unspecified atom stereocenters. The number of benzene rings is 5. The molecule has 5 atom stereocenters. The zero-order valence-electron chi connectivity index (χ0n) is 33.6. The van der Waals surface area contributed by atoms with E-state index >= 15 is 0 Å². The third-order valence-corrected chi connectivity index (χ3v) is 9.45. The molecule has 0 aliphatic carbocycles. The molecule has 0 saturated carbocycles. The number of phenolic OH excluding ortho intramolecular Hbond substituents is 15. The summed E-state index contributed by atoms with van der Waals surface area (Å²) in [5.41, 5.74) is -3.88. The highest BCUT2D eigenvalue weighted by Gasteiger charge is 2.55. The highest BCUT2D eigenvalue weighted by atomic mass is 16.7. The molecule has 6 rings (SSSR count). The van der Waals surface area contributed by atoms with Crippen molar-refractivity contribution in [2.24, 2.45) is 0 Å². The number of rotatable bonds is 11. The van der Waals surface area contributed by atoms with Gasteiger partial charge >= 0.3 is 29.8 Å². The number of ether oxygens (including phenoxy) is 6. The smallest absolute Gasteiger partial charge is 0.340 e. The van der Waals surface area contributed by atoms with E-state index in [1.54, 1.807) is 0 Å². The predicted octanol–water partition coefficient (Wildman–Crippen LogP) is 0.861. The second-order valence-corrected chi connectivity index (χ2v) is 14.0. The quantitative estimate of drug-likeness (QED) is 0.0496. The van der Waals surface area contributed by atoms with Crippen LogP contribution in [0, 0.1) is 0 Å². The van der Waals surface area contributed by atoms with E-state index in [2.05, 4.69) is 0 Å². The lowest BCUT2D eigenvalue weighted by molar-refractivity contribution is -0.282. The van der Waals surface area contributed by atoms with Crippen LogP contribution in [0.4, 0.5) is 0 Å². The summed E-state index contributed by atoms with van der Waals surface area (Å²) in [7, 11) is 0. The van der Waals surface area contributed by atoms with Crippen molar-refractivity contribution in [3.63, 3.8) is 0 Å². The van der Waals surface area contributed by atoms with Crippen LogP contribution in [0.3, 0.4) is 0 Å². The van der Waals surface area contributed by atoms with Crippen LogP contribution < -0.4 is 0 Å². The van der Waals surface area contributed by atoms with Crippen molar-refractivity contribution in [3.05, 3.63) is 88.5 Å². The standard InChI is InChI=1S/C41H32O26.H2O/c42-17-1-12(2-18(43)28(17)52)36(57)62-11-27-33(64-37(58)13-3-19(44)29(53)20(45)4-13)34(65-38(59)14-5-21(46)30(54)22(47)6-14)35(66-39(60)15-7-23(48)31(55)24(49)8-15)41(63-27)67-40(61)16-9-25(50)32(56)26(51)10-16;/h1-10,27,33-35,41-56H,11H2;1H2/t27?,33-,34?,35-,41-;/m0./s1. The van der Waals surface area contributed by atoms with E-state index in [1.165, 1.54) is 0 Å². The van der Waals surface area contributed by atoms with Crippen LogP contribution in [0.5, 0.6) is 86.2 Å². The minimum Gasteiger partial charge on any atom is -0.504 e. The van der Waals surface area contributed by atoms with Gasteiger partial charge < -0.3 is 110 Å². The highest BCUT2D eigenvalue weighted by molar-refractivity contribution is 5.94. The molecular weight excluding hydrogens is 924 g/mol. The Hall–Kier alpha value is -9.63. The zero-order valence-corrected chi connectivity index (χ0v) is 33.6. The molecule has 68 heavy (non-hydrogen) atoms. The number of hydrogen-bond acceptors (Lipinski definition) is 26. The SMILES string of the molecule is O.O=C(OCC1O[C@@H](OC(=O)c2cc(O)c(O)c(O)c2)[C@@H](OC(=O)c2cc(O)c(O)c(O)c2)C(OC(=O)c2cc(O)c(O)c(O)c2)[C@H]1OC(=O)c1cc(O)c(O)c(O)c1)c1cc(O)c(O)c(O)c1. The molecule has 1 saturated heterocycles. The molecule has 1 fully saturated rings. The van der Waals surface area contributed by atoms with Gasteiger partial charge in [0, 0.05) is 0 Å². The lowest BCUT2D eigenvalue weighted by Gasteiger charge is -2.43. The molecule has 0 radical (unpaired) electrons. The fourth-order valence-electron chi connectivity index (χ4n) is 6.11. The van der Waals surface area contributed by atoms with E-state index in [0.717, 1.165) is 0 Å². The number of hydrogen-bond donors (Lipinski definition) is 15. The Kier molecular flexibility index (Phi) is 14.0. The maximum Gasteiger partial charge on any atom is 0.340 e. The van der Waals surface area contributed by atoms with Crippen LogP contribution in [-0.2, 0) is 28.4 Å². The summed E-state index contributed by atoms with van der Waals surface area (Å²) in [6.45, 7) is -1.25. The summed E-state index contributed by atoms with van der Waals surface area (Å²) in [4.78, 5) is 68.5. The first kappa shape index (κ1) is 49.4. The molecule has 1 aliphatic rings. The summed E-state index contributed by atoms with van der Waals surface area (Å²) in [5, 5.41) is 150. The third kappa shape index (κ3) is 10.0. The first-order valence-electron chi connectivity index (χ1n) is 18.4. The Bertz CT molecular complexity index is 2720. The van der Waals surface area contributed by atoms with Gasteiger partial charge in [-0.3, -0.25) is 0 Å². The van der Waals surface area contributed by atoms with E-state index in [1.807, 2.05) is 0 Å². The second kappa shape index (κ2) is 19.2. The zero-order chi connectivity index (χ0) is 49.3. The minimum absolute atomic E-state index is 0. The van der Waals surface area contributed by atoms with Gasteiger partial charge in [0.05, 0.1) is 27.8 Å². The maximum atomic E-state index is 13.9. The third-order valence-electron chi connectivity index (χ3n) is 9.45. The van der Waals surface area contributed by atoms with Gasteiger partial charge in [-0.05, 0) is 60.7 Å². The van der Waals surface area contributed by atoms with Crippen LogP contribution >= 0.6 is 0 Å². The van der Waals surface area contributed by atoms with Crippen molar-refractivity contribution in [2.75, 3.05) is 6.61 Å². The van der Waals surface area contributed by atoms with Gasteiger partial charge in [0.2, 0.25) is 12.4 Å². The molecular formula is C41H34O27. The Labute approximate surface area is 376 Å². The van der Waals surface area contributed by atoms with Crippen molar-refractivity contribution in [2.45, 2.75) is 30.7 Å². The van der Waals surface area contributed by atoms with Crippen molar-refractivity contribution in [1.82, 2.24) is 0 Å². The van der Waals surface area contributed by atoms with Gasteiger partial charge in [0.1, 0.15) is 12.7 Å². The van der Waals surface area contributed by atoms with Crippen molar-refractivity contribution in [3.8, 4) is 86.2 Å². The fraction of sp³-hybridized carbons (Fsp3) is 0.146. The summed E-state index contributed by atoms with van der Waals surface area (Å²) in [6, 6.07) is 5.60. The highest BCUT2D eigenvalue weighted by Crippen LogP contribution is 2.41. The van der Waals surface area contributed by atoms with Gasteiger partial charge in [-0.2, -0.15) is 0 Å². The largest absolute Gasteiger partial charge is 0.504 e. The summed E-state index contributed by atoms with van der Waals surface area (Å²) < 4.78 is 33.2. The van der Waals surface area contributed by atoms with Crippen molar-refractivity contribution < 1.29 is 134 Å². The molecule has 0 amide bonds. The first-order chi connectivity index (χ1) is 31.4. The van der Waals surface area contributed by atoms with Gasteiger partial charge in [-0.15, -0.1) is 0 Å². The normalized spacial score (nSPS) is 17.4. The Morgan fingerprint density at radius 1 is 0.353 bits per heavy atom. The summed E-state index contributed by atoms with van der Waals surface area (Å²) in [5.74, 6) is -24.5. The minimum atomic E-state index is -2.56. The maximum absolute atomic E-state index is 13.9. The molecule has 27 nitrogen and oxygen atoms in total. The second-order valence-electron chi connectivity index (χ2n) is 14.0. The molecule has 1 aliphatic heterocycles. The van der Waals surface area contributed by atoms with Crippen LogP contribution in [0.1, 0.15) is 51.8 Å². The molecule has 0 spiro atoms. The lowest BCUT2D eigenvalue weighted by atomic mass is 9.97. The molecule has 17 N–H and O–H groups in total. The number of aromatic hydroxyl groups is 15. The van der Waals surface area contributed by atoms with Crippen LogP contribution in [0.2, 0.25) is 0 Å². The summed E-state index contributed by atoms with van der Waals surface area (Å²) >= 11 is 0. The van der Waals surface area contributed by atoms with E-state index in [9.17, 15) is 101 Å². The molecule has 0 aromatic heterocycles. The van der Waals surface area contributed by atoms with Crippen molar-refractivity contribution in [1.29, 1.82) is 0 Å². The van der Waals surface area contributed by atoms with E-state index in [0.29, 0.717) is 60.7 Å². The molecule has 360 valence electrons. The van der Waals surface area contributed by atoms with Crippen LogP contribution in [-0.4, -0.2) is 149 Å². The van der Waals surface area contributed by atoms with E-state index in [4.69, 9.17) is 28.4 Å². The van der Waals surface area contributed by atoms with E-state index < -0.39 is 181 Å². The van der Waals surface area contributed by atoms with Gasteiger partial charge in [0.25, 0.3) is 0 Å². The molecule has 27 heteroatoms. The average Bonchev–Trinajstić information content (AvgIpc) is 3.27. The Balaban J connectivity index is 0.00000864. The fourth-order valence-corrected chi connectivity index (χ4v) is 6.11. The topological polar surface area (TPSA) is 476 Å². The predicted molar refractivity (Wildman–Crippen MR) is 213 cm³/mol. The van der Waals surface area contributed by atoms with Crippen LogP contribution in [0.15, 0.2) is 60.7 Å². The molecule has 0 bridgehead atoms. The first-order valence-corrected chi connectivity index (χ1v) is 18.4. The van der Waals surface area contributed by atoms with Crippen molar-refractivity contribution >= 4 is 29.8 Å². The summed E-state index contributed by atoms with van der Waals surface area (Å²) in [6.07, 6.45) is -12.2. The number of carbonyl (C=O) groups excluding carboxylic acids is 5. The average molecular weight is 959 g/mol. The number of phenols is 15. The Morgan fingerprint density at radius 3 is 0.882 bits per heavy atom.